The molecule has 1 N–H and O–H groups in total. The van der Waals surface area contributed by atoms with Gasteiger partial charge in [0.05, 0.1) is 6.26 Å². The molecule has 0 spiro atoms. The molecule has 1 unspecified atom stereocenters. The normalized spacial score (nSPS) is 19.6. The van der Waals surface area contributed by atoms with Crippen molar-refractivity contribution in [2.24, 2.45) is 5.92 Å². The van der Waals surface area contributed by atoms with E-state index in [-0.39, 0.29) is 6.04 Å². The third-order valence-electron chi connectivity index (χ3n) is 4.58. The Balaban J connectivity index is 2.94. The van der Waals surface area contributed by atoms with Gasteiger partial charge < -0.3 is 5.32 Å². The number of nitrogens with zero attached hydrogens (tertiary/aromatic N) is 2. The summed E-state index contributed by atoms with van der Waals surface area (Å²) in [7, 11) is -3.16. The second-order valence-corrected chi connectivity index (χ2v) is 8.29. The minimum Gasteiger partial charge on any atom is -0.314 e. The number of hydrogen-bond acceptors (Lipinski definition) is 4. The molecule has 21 heavy (non-hydrogen) atoms. The average molecular weight is 320 g/mol. The lowest BCUT2D eigenvalue weighted by Gasteiger charge is -2.41. The van der Waals surface area contributed by atoms with Crippen LogP contribution in [0.15, 0.2) is 0 Å². The molecule has 1 heterocycles. The van der Waals surface area contributed by atoms with Crippen LogP contribution in [-0.2, 0) is 10.0 Å². The van der Waals surface area contributed by atoms with Crippen molar-refractivity contribution < 1.29 is 8.42 Å². The van der Waals surface area contributed by atoms with Crippen LogP contribution in [0.2, 0.25) is 0 Å². The summed E-state index contributed by atoms with van der Waals surface area (Å²) in [5, 5.41) is 3.38. The Morgan fingerprint density at radius 3 is 2.05 bits per heavy atom. The number of piperazine rings is 1. The van der Waals surface area contributed by atoms with Crippen LogP contribution in [0, 0.1) is 5.92 Å². The van der Waals surface area contributed by atoms with Gasteiger partial charge in [-0.15, -0.1) is 0 Å². The maximum Gasteiger partial charge on any atom is 0.211 e. The third kappa shape index (κ3) is 5.51. The molecule has 0 aromatic carbocycles. The van der Waals surface area contributed by atoms with Crippen LogP contribution in [0.25, 0.3) is 0 Å². The molecular weight excluding hydrogens is 286 g/mol. The van der Waals surface area contributed by atoms with Crippen molar-refractivity contribution in [1.82, 2.24) is 14.5 Å². The van der Waals surface area contributed by atoms with Crippen molar-refractivity contribution in [3.63, 3.8) is 0 Å². The monoisotopic (exact) mass is 319 g/mol. The minimum absolute atomic E-state index is 0.0137. The molecule has 1 aliphatic heterocycles. The summed E-state index contributed by atoms with van der Waals surface area (Å²) in [6.07, 6.45) is 3.52. The first-order valence-electron chi connectivity index (χ1n) is 8.22. The van der Waals surface area contributed by atoms with Crippen molar-refractivity contribution in [3.05, 3.63) is 0 Å². The van der Waals surface area contributed by atoms with Crippen molar-refractivity contribution in [1.29, 1.82) is 0 Å². The summed E-state index contributed by atoms with van der Waals surface area (Å²) in [4.78, 5) is 2.48. The van der Waals surface area contributed by atoms with Crippen LogP contribution in [0.4, 0.5) is 0 Å². The van der Waals surface area contributed by atoms with Crippen molar-refractivity contribution in [2.45, 2.75) is 52.6 Å². The Hall–Kier alpha value is -0.170. The highest BCUT2D eigenvalue weighted by Gasteiger charge is 2.32. The predicted molar refractivity (Wildman–Crippen MR) is 89.0 cm³/mol. The van der Waals surface area contributed by atoms with Gasteiger partial charge in [0.15, 0.2) is 0 Å². The van der Waals surface area contributed by atoms with E-state index >= 15 is 0 Å². The lowest BCUT2D eigenvalue weighted by Crippen LogP contribution is -2.56. The molecule has 0 saturated carbocycles. The van der Waals surface area contributed by atoms with Crippen LogP contribution in [0.1, 0.15) is 40.5 Å². The topological polar surface area (TPSA) is 52.7 Å². The SMILES string of the molecule is CCC(CC)C(CN(C(C)C)S(C)(=O)=O)N1CCNCC1. The van der Waals surface area contributed by atoms with E-state index in [2.05, 4.69) is 24.1 Å². The zero-order valence-corrected chi connectivity index (χ0v) is 15.1. The van der Waals surface area contributed by atoms with Gasteiger partial charge in [-0.2, -0.15) is 4.31 Å². The van der Waals surface area contributed by atoms with Crippen molar-refractivity contribution in [3.8, 4) is 0 Å². The maximum absolute atomic E-state index is 12.1. The summed E-state index contributed by atoms with van der Waals surface area (Å²) in [6, 6.07) is 0.332. The third-order valence-corrected chi connectivity index (χ3v) is 6.01. The second-order valence-electron chi connectivity index (χ2n) is 6.36. The first-order valence-corrected chi connectivity index (χ1v) is 10.1. The minimum atomic E-state index is -3.16. The van der Waals surface area contributed by atoms with E-state index in [1.807, 2.05) is 13.8 Å². The van der Waals surface area contributed by atoms with Gasteiger partial charge in [-0.05, 0) is 19.8 Å². The van der Waals surface area contributed by atoms with Gasteiger partial charge in [0.2, 0.25) is 10.0 Å². The summed E-state index contributed by atoms with van der Waals surface area (Å²) >= 11 is 0. The predicted octanol–water partition coefficient (Wildman–Crippen LogP) is 1.37. The zero-order chi connectivity index (χ0) is 16.0. The van der Waals surface area contributed by atoms with E-state index < -0.39 is 10.0 Å². The maximum atomic E-state index is 12.1. The van der Waals surface area contributed by atoms with E-state index in [1.165, 1.54) is 6.26 Å². The Labute approximate surface area is 131 Å². The quantitative estimate of drug-likeness (QED) is 0.734. The first kappa shape index (κ1) is 18.9. The van der Waals surface area contributed by atoms with E-state index in [4.69, 9.17) is 0 Å². The first-order chi connectivity index (χ1) is 9.81. The van der Waals surface area contributed by atoms with Crippen LogP contribution < -0.4 is 5.32 Å². The molecule has 1 rings (SSSR count). The van der Waals surface area contributed by atoms with E-state index in [0.29, 0.717) is 18.5 Å². The molecule has 0 aromatic rings. The highest BCUT2D eigenvalue weighted by atomic mass is 32.2. The molecule has 0 bridgehead atoms. The van der Waals surface area contributed by atoms with Gasteiger partial charge in [0, 0.05) is 44.8 Å². The second kappa shape index (κ2) is 8.46. The fourth-order valence-corrected chi connectivity index (χ4v) is 4.51. The number of nitrogens with one attached hydrogen (secondary N) is 1. The Bertz CT molecular complexity index is 388. The number of hydrogen-bond donors (Lipinski definition) is 1. The molecule has 1 atom stereocenters. The highest BCUT2D eigenvalue weighted by Crippen LogP contribution is 2.22. The molecule has 5 nitrogen and oxygen atoms in total. The van der Waals surface area contributed by atoms with Gasteiger partial charge in [-0.3, -0.25) is 4.90 Å². The van der Waals surface area contributed by atoms with Crippen LogP contribution in [0.3, 0.4) is 0 Å². The van der Waals surface area contributed by atoms with Gasteiger partial charge in [0.25, 0.3) is 0 Å². The standard InChI is InChI=1S/C15H33N3O2S/c1-6-14(7-2)15(17-10-8-16-9-11-17)12-18(13(3)4)21(5,19)20/h13-16H,6-12H2,1-5H3. The van der Waals surface area contributed by atoms with Gasteiger partial charge >= 0.3 is 0 Å². The molecule has 0 amide bonds. The molecule has 0 aromatic heterocycles. The summed E-state index contributed by atoms with van der Waals surface area (Å²) in [5.74, 6) is 0.547. The summed E-state index contributed by atoms with van der Waals surface area (Å²) in [5.41, 5.74) is 0. The zero-order valence-electron chi connectivity index (χ0n) is 14.3. The lowest BCUT2D eigenvalue weighted by molar-refractivity contribution is 0.0960. The Morgan fingerprint density at radius 2 is 1.67 bits per heavy atom. The fraction of sp³-hybridized carbons (Fsp3) is 1.00. The van der Waals surface area contributed by atoms with Gasteiger partial charge in [-0.1, -0.05) is 26.7 Å². The Kier molecular flexibility index (Phi) is 7.60. The molecular formula is C15H33N3O2S. The van der Waals surface area contributed by atoms with Crippen LogP contribution in [-0.4, -0.2) is 68.7 Å². The van der Waals surface area contributed by atoms with Gasteiger partial charge in [-0.25, -0.2) is 8.42 Å². The highest BCUT2D eigenvalue weighted by molar-refractivity contribution is 7.88. The fourth-order valence-electron chi connectivity index (χ4n) is 3.32. The van der Waals surface area contributed by atoms with E-state index in [0.717, 1.165) is 39.0 Å². The molecule has 1 fully saturated rings. The lowest BCUT2D eigenvalue weighted by atomic mass is 9.92. The molecule has 126 valence electrons. The van der Waals surface area contributed by atoms with Gasteiger partial charge in [0.1, 0.15) is 0 Å². The largest absolute Gasteiger partial charge is 0.314 e. The average Bonchev–Trinajstić information content (AvgIpc) is 2.42. The van der Waals surface area contributed by atoms with Crippen molar-refractivity contribution in [2.75, 3.05) is 39.0 Å². The Morgan fingerprint density at radius 1 is 1.14 bits per heavy atom. The molecule has 1 aliphatic rings. The summed E-state index contributed by atoms with van der Waals surface area (Å²) in [6.45, 7) is 13.0. The van der Waals surface area contributed by atoms with E-state index in [1.54, 1.807) is 4.31 Å². The van der Waals surface area contributed by atoms with E-state index in [9.17, 15) is 8.42 Å². The summed E-state index contributed by atoms with van der Waals surface area (Å²) < 4.78 is 25.8. The molecule has 6 heteroatoms. The number of sulfonamides is 1. The smallest absolute Gasteiger partial charge is 0.211 e. The van der Waals surface area contributed by atoms with Crippen LogP contribution in [0.5, 0.6) is 0 Å². The molecule has 0 radical (unpaired) electrons. The molecule has 0 aliphatic carbocycles. The number of rotatable bonds is 8. The molecule has 1 saturated heterocycles. The van der Waals surface area contributed by atoms with Crippen molar-refractivity contribution >= 4 is 10.0 Å². The van der Waals surface area contributed by atoms with Crippen LogP contribution >= 0.6 is 0 Å².